The van der Waals surface area contributed by atoms with Gasteiger partial charge in [0.05, 0.1) is 23.4 Å². The van der Waals surface area contributed by atoms with Gasteiger partial charge in [0.15, 0.2) is 21.4 Å². The molecule has 25 heavy (non-hydrogen) atoms. The normalized spacial score (nSPS) is 11.5. The van der Waals surface area contributed by atoms with Crippen LogP contribution < -0.4 is 10.5 Å². The lowest BCUT2D eigenvalue weighted by Gasteiger charge is -2.09. The molecule has 3 aromatic rings. The maximum absolute atomic E-state index is 14.0. The SMILES string of the molecule is COc1ccc(-n2c(-c3ccc(S(C)(=O)=O)cc3)coc2=O)cc1F. The number of hydrogen-bond acceptors (Lipinski definition) is 5. The molecule has 0 saturated carbocycles. The van der Waals surface area contributed by atoms with Crippen LogP contribution in [-0.4, -0.2) is 26.4 Å². The molecule has 8 heteroatoms. The van der Waals surface area contributed by atoms with E-state index in [0.29, 0.717) is 11.3 Å². The smallest absolute Gasteiger partial charge is 0.424 e. The summed E-state index contributed by atoms with van der Waals surface area (Å²) >= 11 is 0. The van der Waals surface area contributed by atoms with E-state index in [0.717, 1.165) is 12.3 Å². The Morgan fingerprint density at radius 2 is 1.80 bits per heavy atom. The largest absolute Gasteiger partial charge is 0.494 e. The highest BCUT2D eigenvalue weighted by molar-refractivity contribution is 7.90. The molecule has 0 saturated heterocycles. The molecule has 0 unspecified atom stereocenters. The van der Waals surface area contributed by atoms with E-state index >= 15 is 0 Å². The standard InChI is InChI=1S/C17H14FNO5S/c1-23-16-8-5-12(9-14(16)18)19-15(10-24-17(19)20)11-3-6-13(7-4-11)25(2,21)22/h3-10H,1-2H3. The Balaban J connectivity index is 2.11. The second kappa shape index (κ2) is 6.21. The first-order chi connectivity index (χ1) is 11.8. The second-order valence-corrected chi connectivity index (χ2v) is 7.35. The summed E-state index contributed by atoms with van der Waals surface area (Å²) in [4.78, 5) is 12.2. The topological polar surface area (TPSA) is 78.5 Å². The van der Waals surface area contributed by atoms with Gasteiger partial charge in [-0.05, 0) is 24.3 Å². The molecule has 0 atom stereocenters. The molecule has 0 amide bonds. The summed E-state index contributed by atoms with van der Waals surface area (Å²) in [6.07, 6.45) is 2.34. The van der Waals surface area contributed by atoms with E-state index in [4.69, 9.17) is 9.15 Å². The molecule has 3 rings (SSSR count). The Kier molecular flexibility index (Phi) is 4.22. The van der Waals surface area contributed by atoms with Crippen LogP contribution in [0.2, 0.25) is 0 Å². The lowest BCUT2D eigenvalue weighted by atomic mass is 10.1. The van der Waals surface area contributed by atoms with E-state index in [9.17, 15) is 17.6 Å². The number of hydrogen-bond donors (Lipinski definition) is 0. The molecule has 1 heterocycles. The maximum Gasteiger partial charge on any atom is 0.424 e. The third-order valence-corrected chi connectivity index (χ3v) is 4.80. The van der Waals surface area contributed by atoms with E-state index in [1.165, 1.54) is 42.2 Å². The van der Waals surface area contributed by atoms with Crippen molar-refractivity contribution < 1.29 is 22.0 Å². The van der Waals surface area contributed by atoms with Crippen LogP contribution in [-0.2, 0) is 9.84 Å². The Morgan fingerprint density at radius 3 is 2.36 bits per heavy atom. The first-order valence-corrected chi connectivity index (χ1v) is 9.05. The molecule has 6 nitrogen and oxygen atoms in total. The first-order valence-electron chi connectivity index (χ1n) is 7.16. The van der Waals surface area contributed by atoms with Crippen LogP contribution in [0.1, 0.15) is 0 Å². The van der Waals surface area contributed by atoms with Gasteiger partial charge in [0.1, 0.15) is 6.26 Å². The summed E-state index contributed by atoms with van der Waals surface area (Å²) in [5.74, 6) is -1.25. The van der Waals surface area contributed by atoms with Crippen molar-refractivity contribution in [3.05, 3.63) is 65.1 Å². The van der Waals surface area contributed by atoms with Crippen LogP contribution in [0.3, 0.4) is 0 Å². The average Bonchev–Trinajstić information content (AvgIpc) is 2.95. The van der Waals surface area contributed by atoms with Crippen molar-refractivity contribution in [1.82, 2.24) is 4.57 Å². The lowest BCUT2D eigenvalue weighted by Crippen LogP contribution is -2.13. The fourth-order valence-corrected chi connectivity index (χ4v) is 3.05. The van der Waals surface area contributed by atoms with E-state index in [1.54, 1.807) is 12.1 Å². The number of ether oxygens (including phenoxy) is 1. The van der Waals surface area contributed by atoms with Crippen LogP contribution in [0.25, 0.3) is 16.9 Å². The van der Waals surface area contributed by atoms with Crippen LogP contribution in [0.15, 0.2) is 62.8 Å². The van der Waals surface area contributed by atoms with E-state index in [2.05, 4.69) is 0 Å². The summed E-state index contributed by atoms with van der Waals surface area (Å²) in [6.45, 7) is 0. The molecule has 0 bridgehead atoms. The monoisotopic (exact) mass is 363 g/mol. The van der Waals surface area contributed by atoms with Gasteiger partial charge in [-0.15, -0.1) is 0 Å². The molecular weight excluding hydrogens is 349 g/mol. The minimum Gasteiger partial charge on any atom is -0.494 e. The van der Waals surface area contributed by atoms with Gasteiger partial charge in [-0.2, -0.15) is 0 Å². The predicted octanol–water partition coefficient (Wildman–Crippen LogP) is 2.65. The third-order valence-electron chi connectivity index (χ3n) is 3.67. The Bertz CT molecular complexity index is 1080. The number of sulfone groups is 1. The molecule has 0 aliphatic carbocycles. The van der Waals surface area contributed by atoms with E-state index in [-0.39, 0.29) is 16.3 Å². The summed E-state index contributed by atoms with van der Waals surface area (Å²) in [5, 5.41) is 0. The zero-order valence-electron chi connectivity index (χ0n) is 13.4. The summed E-state index contributed by atoms with van der Waals surface area (Å²) < 4.78 is 48.0. The number of methoxy groups -OCH3 is 1. The van der Waals surface area contributed by atoms with Crippen molar-refractivity contribution in [2.45, 2.75) is 4.90 Å². The minimum absolute atomic E-state index is 0.0550. The fourth-order valence-electron chi connectivity index (χ4n) is 2.42. The second-order valence-electron chi connectivity index (χ2n) is 5.34. The molecule has 2 aromatic carbocycles. The summed E-state index contributed by atoms with van der Waals surface area (Å²) in [7, 11) is -1.98. The Hall–Kier alpha value is -2.87. The van der Waals surface area contributed by atoms with Crippen LogP contribution in [0.4, 0.5) is 4.39 Å². The van der Waals surface area contributed by atoms with Gasteiger partial charge in [-0.25, -0.2) is 22.2 Å². The van der Waals surface area contributed by atoms with Gasteiger partial charge in [0.25, 0.3) is 0 Å². The van der Waals surface area contributed by atoms with Crippen LogP contribution in [0.5, 0.6) is 5.75 Å². The van der Waals surface area contributed by atoms with E-state index in [1.807, 2.05) is 0 Å². The van der Waals surface area contributed by atoms with Gasteiger partial charge in [0.2, 0.25) is 0 Å². The zero-order valence-corrected chi connectivity index (χ0v) is 14.2. The molecule has 1 aromatic heterocycles. The average molecular weight is 363 g/mol. The Labute approximate surface area is 143 Å². The van der Waals surface area contributed by atoms with Crippen molar-refractivity contribution in [3.63, 3.8) is 0 Å². The lowest BCUT2D eigenvalue weighted by molar-refractivity contribution is 0.386. The van der Waals surface area contributed by atoms with E-state index < -0.39 is 21.4 Å². The van der Waals surface area contributed by atoms with Gasteiger partial charge < -0.3 is 9.15 Å². The van der Waals surface area contributed by atoms with Crippen LogP contribution >= 0.6 is 0 Å². The molecule has 130 valence electrons. The predicted molar refractivity (Wildman–Crippen MR) is 89.4 cm³/mol. The molecule has 0 aliphatic heterocycles. The van der Waals surface area contributed by atoms with Gasteiger partial charge in [0, 0.05) is 17.9 Å². The van der Waals surface area contributed by atoms with Crippen molar-refractivity contribution in [2.75, 3.05) is 13.4 Å². The van der Waals surface area contributed by atoms with Crippen molar-refractivity contribution in [2.24, 2.45) is 0 Å². The Morgan fingerprint density at radius 1 is 1.12 bits per heavy atom. The number of benzene rings is 2. The highest BCUT2D eigenvalue weighted by Crippen LogP contribution is 2.26. The number of halogens is 1. The molecule has 0 N–H and O–H groups in total. The highest BCUT2D eigenvalue weighted by atomic mass is 32.2. The van der Waals surface area contributed by atoms with Gasteiger partial charge >= 0.3 is 5.76 Å². The third kappa shape index (κ3) is 3.20. The fraction of sp³-hybridized carbons (Fsp3) is 0.118. The zero-order chi connectivity index (χ0) is 18.2. The molecule has 0 spiro atoms. The quantitative estimate of drug-likeness (QED) is 0.712. The first kappa shape index (κ1) is 17.0. The number of rotatable bonds is 4. The number of nitrogens with zero attached hydrogens (tertiary/aromatic N) is 1. The summed E-state index contributed by atoms with van der Waals surface area (Å²) in [6, 6.07) is 10.0. The molecule has 0 fully saturated rings. The van der Waals surface area contributed by atoms with Gasteiger partial charge in [-0.1, -0.05) is 12.1 Å². The van der Waals surface area contributed by atoms with Gasteiger partial charge in [-0.3, -0.25) is 0 Å². The highest BCUT2D eigenvalue weighted by Gasteiger charge is 2.15. The summed E-state index contributed by atoms with van der Waals surface area (Å²) in [5.41, 5.74) is 1.18. The number of aromatic nitrogens is 1. The molecule has 0 aliphatic rings. The van der Waals surface area contributed by atoms with Crippen molar-refractivity contribution in [1.29, 1.82) is 0 Å². The molecule has 0 radical (unpaired) electrons. The number of oxazole rings is 1. The maximum atomic E-state index is 14.0. The van der Waals surface area contributed by atoms with Crippen molar-refractivity contribution in [3.8, 4) is 22.7 Å². The minimum atomic E-state index is -3.33. The van der Waals surface area contributed by atoms with Crippen LogP contribution in [0, 0.1) is 5.82 Å². The molecular formula is C17H14FNO5S. The van der Waals surface area contributed by atoms with Crippen molar-refractivity contribution >= 4 is 9.84 Å².